The van der Waals surface area contributed by atoms with Crippen LogP contribution in [0.25, 0.3) is 5.65 Å². The minimum Gasteiger partial charge on any atom is -0.356 e. The second-order valence-electron chi connectivity index (χ2n) is 9.54. The van der Waals surface area contributed by atoms with Crippen LogP contribution >= 0.6 is 0 Å². The van der Waals surface area contributed by atoms with Gasteiger partial charge in [0.15, 0.2) is 5.65 Å². The third-order valence-electron chi connectivity index (χ3n) is 7.15. The van der Waals surface area contributed by atoms with Crippen LogP contribution in [0.1, 0.15) is 72.5 Å². The van der Waals surface area contributed by atoms with Gasteiger partial charge in [0.05, 0.1) is 11.7 Å². The van der Waals surface area contributed by atoms with Crippen molar-refractivity contribution in [3.8, 4) is 0 Å². The van der Waals surface area contributed by atoms with Gasteiger partial charge < -0.3 is 9.80 Å². The number of aromatic nitrogens is 4. The zero-order chi connectivity index (χ0) is 24.7. The second kappa shape index (κ2) is 9.13. The normalized spacial score (nSPS) is 21.2. The first-order chi connectivity index (χ1) is 16.7. The van der Waals surface area contributed by atoms with E-state index in [-0.39, 0.29) is 11.7 Å². The predicted octanol–water partition coefficient (Wildman–Crippen LogP) is 5.06. The molecule has 1 amide bonds. The summed E-state index contributed by atoms with van der Waals surface area (Å²) < 4.78 is 41.2. The van der Waals surface area contributed by atoms with E-state index in [0.717, 1.165) is 56.2 Å². The van der Waals surface area contributed by atoms with Crippen molar-refractivity contribution >= 4 is 17.4 Å². The number of amides is 1. The molecule has 35 heavy (non-hydrogen) atoms. The first-order valence-corrected chi connectivity index (χ1v) is 12.2. The van der Waals surface area contributed by atoms with Crippen molar-refractivity contribution in [2.75, 3.05) is 24.5 Å². The molecule has 5 rings (SSSR count). The minimum absolute atomic E-state index is 0.203. The number of pyridine rings is 1. The summed E-state index contributed by atoms with van der Waals surface area (Å²) in [5.41, 5.74) is 1.17. The van der Waals surface area contributed by atoms with E-state index >= 15 is 0 Å². The molecule has 2 aliphatic heterocycles. The van der Waals surface area contributed by atoms with Gasteiger partial charge in [-0.25, -0.2) is 14.5 Å². The van der Waals surface area contributed by atoms with Gasteiger partial charge in [-0.15, -0.1) is 0 Å². The molecular formula is C25H29F3N6O. The van der Waals surface area contributed by atoms with Gasteiger partial charge in [0, 0.05) is 37.5 Å². The fraction of sp³-hybridized carbons (Fsp3) is 0.520. The Morgan fingerprint density at radius 1 is 1.14 bits per heavy atom. The van der Waals surface area contributed by atoms with Crippen LogP contribution in [0.2, 0.25) is 0 Å². The van der Waals surface area contributed by atoms with Crippen LogP contribution in [-0.2, 0) is 6.18 Å². The smallest absolute Gasteiger partial charge is 0.356 e. The molecule has 2 atom stereocenters. The number of likely N-dealkylation sites (tertiary alicyclic amines) is 1. The van der Waals surface area contributed by atoms with Crippen molar-refractivity contribution in [1.82, 2.24) is 24.5 Å². The Labute approximate surface area is 202 Å². The van der Waals surface area contributed by atoms with Crippen LogP contribution in [-0.4, -0.2) is 50.0 Å². The monoisotopic (exact) mass is 486 g/mol. The Morgan fingerprint density at radius 3 is 2.71 bits per heavy atom. The molecule has 2 fully saturated rings. The van der Waals surface area contributed by atoms with Crippen LogP contribution in [0.3, 0.4) is 0 Å². The lowest BCUT2D eigenvalue weighted by Gasteiger charge is -2.34. The Balaban J connectivity index is 1.44. The van der Waals surface area contributed by atoms with E-state index in [4.69, 9.17) is 10.1 Å². The maximum absolute atomic E-state index is 13.3. The highest BCUT2D eigenvalue weighted by Gasteiger charge is 2.35. The van der Waals surface area contributed by atoms with Gasteiger partial charge in [-0.05, 0) is 50.7 Å². The number of aryl methyl sites for hydroxylation is 1. The molecule has 0 aliphatic carbocycles. The minimum atomic E-state index is -4.60. The highest BCUT2D eigenvalue weighted by atomic mass is 19.4. The Kier molecular flexibility index (Phi) is 6.14. The van der Waals surface area contributed by atoms with E-state index in [2.05, 4.69) is 16.8 Å². The fourth-order valence-corrected chi connectivity index (χ4v) is 5.20. The summed E-state index contributed by atoms with van der Waals surface area (Å²) >= 11 is 0. The zero-order valence-electron chi connectivity index (χ0n) is 19.9. The number of halogens is 3. The van der Waals surface area contributed by atoms with Gasteiger partial charge in [0.1, 0.15) is 17.2 Å². The summed E-state index contributed by atoms with van der Waals surface area (Å²) in [7, 11) is 0. The Morgan fingerprint density at radius 2 is 1.97 bits per heavy atom. The molecule has 186 valence electrons. The van der Waals surface area contributed by atoms with Crippen LogP contribution in [0, 0.1) is 12.8 Å². The number of nitrogens with zero attached hydrogens (tertiary/aromatic N) is 6. The molecule has 0 N–H and O–H groups in total. The molecule has 5 heterocycles. The second-order valence-corrected chi connectivity index (χ2v) is 9.54. The maximum atomic E-state index is 13.3. The van der Waals surface area contributed by atoms with E-state index in [0.29, 0.717) is 30.2 Å². The van der Waals surface area contributed by atoms with Crippen molar-refractivity contribution in [3.05, 3.63) is 53.1 Å². The molecule has 2 aliphatic rings. The summed E-state index contributed by atoms with van der Waals surface area (Å²) in [5.74, 6) is 1.13. The third-order valence-corrected chi connectivity index (χ3v) is 7.15. The molecule has 10 heteroatoms. The molecule has 0 spiro atoms. The van der Waals surface area contributed by atoms with Gasteiger partial charge in [0.2, 0.25) is 0 Å². The molecule has 0 aromatic carbocycles. The van der Waals surface area contributed by atoms with Crippen LogP contribution in [0.15, 0.2) is 30.5 Å². The van der Waals surface area contributed by atoms with E-state index in [1.165, 1.54) is 12.1 Å². The van der Waals surface area contributed by atoms with Crippen molar-refractivity contribution in [2.24, 2.45) is 5.92 Å². The molecule has 3 aromatic heterocycles. The number of fused-ring (bicyclic) bond motifs is 1. The standard InChI is InChI=1S/C25H29F3N6O/c1-3-17-10-12-32(15-17)23-16(2)14-34-22(30-23)13-19(31-34)20-8-4-5-11-33(20)24(35)18-7-6-9-21(29-18)25(26,27)28/h6-7,9,13-14,17,20H,3-5,8,10-12,15H2,1-2H3/t17-,20-/m0/s1. The number of hydrogen-bond donors (Lipinski definition) is 0. The average Bonchev–Trinajstić information content (AvgIpc) is 3.49. The highest BCUT2D eigenvalue weighted by molar-refractivity contribution is 5.92. The van der Waals surface area contributed by atoms with Gasteiger partial charge in [-0.3, -0.25) is 4.79 Å². The van der Waals surface area contributed by atoms with Gasteiger partial charge in [-0.2, -0.15) is 18.3 Å². The summed E-state index contributed by atoms with van der Waals surface area (Å²) in [4.78, 5) is 25.7. The molecule has 2 saturated heterocycles. The molecular weight excluding hydrogens is 457 g/mol. The Bertz CT molecular complexity index is 1240. The van der Waals surface area contributed by atoms with Crippen LogP contribution < -0.4 is 4.90 Å². The van der Waals surface area contributed by atoms with E-state index in [1.807, 2.05) is 19.2 Å². The summed E-state index contributed by atoms with van der Waals surface area (Å²) in [6.07, 6.45) is 2.05. The van der Waals surface area contributed by atoms with Crippen molar-refractivity contribution < 1.29 is 18.0 Å². The lowest BCUT2D eigenvalue weighted by atomic mass is 9.99. The van der Waals surface area contributed by atoms with Gasteiger partial charge >= 0.3 is 6.18 Å². The third kappa shape index (κ3) is 4.58. The predicted molar refractivity (Wildman–Crippen MR) is 125 cm³/mol. The van der Waals surface area contributed by atoms with E-state index in [1.54, 1.807) is 9.42 Å². The summed E-state index contributed by atoms with van der Waals surface area (Å²) in [6, 6.07) is 4.99. The number of hydrogen-bond acceptors (Lipinski definition) is 5. The average molecular weight is 487 g/mol. The first-order valence-electron chi connectivity index (χ1n) is 12.2. The van der Waals surface area contributed by atoms with Gasteiger partial charge in [0.25, 0.3) is 5.91 Å². The molecule has 0 radical (unpaired) electrons. The Hall–Kier alpha value is -3.17. The molecule has 7 nitrogen and oxygen atoms in total. The SMILES string of the molecule is CC[C@H]1CCN(c2nc3cc([C@@H]4CCCCN4C(=O)c4cccc(C(F)(F)F)n4)nn3cc2C)C1. The number of alkyl halides is 3. The molecule has 3 aromatic rings. The molecule has 0 bridgehead atoms. The largest absolute Gasteiger partial charge is 0.433 e. The van der Waals surface area contributed by atoms with E-state index in [9.17, 15) is 18.0 Å². The van der Waals surface area contributed by atoms with Crippen LogP contribution in [0.5, 0.6) is 0 Å². The number of piperidine rings is 1. The summed E-state index contributed by atoms with van der Waals surface area (Å²) in [5, 5.41) is 4.72. The van der Waals surface area contributed by atoms with E-state index < -0.39 is 17.8 Å². The molecule has 0 saturated carbocycles. The highest BCUT2D eigenvalue weighted by Crippen LogP contribution is 2.34. The quantitative estimate of drug-likeness (QED) is 0.516. The number of carbonyl (C=O) groups excluding carboxylic acids is 1. The van der Waals surface area contributed by atoms with Crippen molar-refractivity contribution in [1.29, 1.82) is 0 Å². The lowest BCUT2D eigenvalue weighted by Crippen LogP contribution is -2.39. The van der Waals surface area contributed by atoms with Crippen molar-refractivity contribution in [2.45, 2.75) is 58.2 Å². The van der Waals surface area contributed by atoms with Crippen LogP contribution in [0.4, 0.5) is 19.0 Å². The number of rotatable bonds is 4. The topological polar surface area (TPSA) is 66.6 Å². The maximum Gasteiger partial charge on any atom is 0.433 e. The van der Waals surface area contributed by atoms with Gasteiger partial charge in [-0.1, -0.05) is 19.4 Å². The number of carbonyl (C=O) groups is 1. The summed E-state index contributed by atoms with van der Waals surface area (Å²) in [6.45, 7) is 6.67. The zero-order valence-corrected chi connectivity index (χ0v) is 19.9. The molecule has 0 unspecified atom stereocenters. The first kappa shape index (κ1) is 23.6. The lowest BCUT2D eigenvalue weighted by molar-refractivity contribution is -0.141. The number of anilines is 1. The van der Waals surface area contributed by atoms with Crippen molar-refractivity contribution in [3.63, 3.8) is 0 Å². The fourth-order valence-electron chi connectivity index (χ4n) is 5.20.